The van der Waals surface area contributed by atoms with E-state index in [0.29, 0.717) is 34.0 Å². The summed E-state index contributed by atoms with van der Waals surface area (Å²) in [6.07, 6.45) is 0.671. The van der Waals surface area contributed by atoms with Gasteiger partial charge in [-0.25, -0.2) is 4.79 Å². The van der Waals surface area contributed by atoms with Gasteiger partial charge < -0.3 is 20.8 Å². The Bertz CT molecular complexity index is 1180. The zero-order valence-electron chi connectivity index (χ0n) is 20.1. The van der Waals surface area contributed by atoms with Crippen LogP contribution < -0.4 is 10.6 Å². The maximum Gasteiger partial charge on any atom is 0.326 e. The van der Waals surface area contributed by atoms with Crippen LogP contribution in [-0.2, 0) is 20.8 Å². The SMILES string of the molecule is CC1(C(=O)O)CCC(C(=O)N[C@@H](Cc2ccc(C(=O)Nc3c(Cl)cccc3Cl)cc2)C(=O)O)C1(C)C. The van der Waals surface area contributed by atoms with Gasteiger partial charge in [-0.1, -0.05) is 55.2 Å². The lowest BCUT2D eigenvalue weighted by Crippen LogP contribution is -2.49. The number of nitrogens with one attached hydrogen (secondary N) is 2. The zero-order valence-corrected chi connectivity index (χ0v) is 21.6. The number of carboxylic acids is 2. The van der Waals surface area contributed by atoms with Gasteiger partial charge in [0.05, 0.1) is 21.1 Å². The predicted molar refractivity (Wildman–Crippen MR) is 136 cm³/mol. The van der Waals surface area contributed by atoms with Crippen LogP contribution in [0, 0.1) is 16.7 Å². The third kappa shape index (κ3) is 5.34. The van der Waals surface area contributed by atoms with Gasteiger partial charge in [-0.15, -0.1) is 0 Å². The highest BCUT2D eigenvalue weighted by Crippen LogP contribution is 2.56. The second-order valence-electron chi connectivity index (χ2n) is 9.80. The number of carbonyl (C=O) groups is 4. The standard InChI is InChI=1S/C26H28Cl2N2O6/c1-25(2)16(11-12-26(25,3)24(35)36)22(32)29-19(23(33)34)13-14-7-9-15(10-8-14)21(31)30-20-17(27)5-4-6-18(20)28/h4-10,16,19H,11-13H2,1-3H3,(H,29,32)(H,30,31)(H,33,34)(H,35,36)/t16?,19-,26?/m0/s1. The molecule has 8 nitrogen and oxygen atoms in total. The highest BCUT2D eigenvalue weighted by molar-refractivity contribution is 6.40. The minimum atomic E-state index is -1.22. The maximum absolute atomic E-state index is 13.0. The molecular weight excluding hydrogens is 507 g/mol. The van der Waals surface area contributed by atoms with E-state index in [9.17, 15) is 29.4 Å². The predicted octanol–water partition coefficient (Wildman–Crippen LogP) is 4.88. The van der Waals surface area contributed by atoms with Crippen LogP contribution >= 0.6 is 23.2 Å². The third-order valence-electron chi connectivity index (χ3n) is 7.49. The Labute approximate surface area is 219 Å². The first-order valence-corrected chi connectivity index (χ1v) is 12.1. The molecule has 192 valence electrons. The highest BCUT2D eigenvalue weighted by Gasteiger charge is 2.58. The lowest BCUT2D eigenvalue weighted by Gasteiger charge is -2.38. The van der Waals surface area contributed by atoms with Gasteiger partial charge in [0.1, 0.15) is 6.04 Å². The molecule has 10 heteroatoms. The summed E-state index contributed by atoms with van der Waals surface area (Å²) in [6, 6.07) is 9.92. The Balaban J connectivity index is 1.68. The quantitative estimate of drug-likeness (QED) is 0.381. The average molecular weight is 535 g/mol. The molecule has 1 aliphatic carbocycles. The van der Waals surface area contributed by atoms with E-state index >= 15 is 0 Å². The number of amides is 2. The second kappa shape index (κ2) is 10.5. The molecule has 2 aromatic rings. The lowest BCUT2D eigenvalue weighted by molar-refractivity contribution is -0.155. The molecule has 1 fully saturated rings. The fourth-order valence-electron chi connectivity index (χ4n) is 4.65. The monoisotopic (exact) mass is 534 g/mol. The first-order valence-electron chi connectivity index (χ1n) is 11.4. The van der Waals surface area contributed by atoms with E-state index in [1.807, 2.05) is 0 Å². The summed E-state index contributed by atoms with van der Waals surface area (Å²) in [5.41, 5.74) is -0.746. The Morgan fingerprint density at radius 2 is 1.58 bits per heavy atom. The van der Waals surface area contributed by atoms with Crippen molar-refractivity contribution in [1.29, 1.82) is 0 Å². The van der Waals surface area contributed by atoms with E-state index in [1.54, 1.807) is 51.1 Å². The summed E-state index contributed by atoms with van der Waals surface area (Å²) in [6.45, 7) is 5.08. The van der Waals surface area contributed by atoms with Crippen LogP contribution in [0.15, 0.2) is 42.5 Å². The van der Waals surface area contributed by atoms with Crippen LogP contribution in [0.25, 0.3) is 0 Å². The van der Waals surface area contributed by atoms with Gasteiger partial charge in [0.2, 0.25) is 5.91 Å². The number of hydrogen-bond donors (Lipinski definition) is 4. The molecule has 1 aliphatic rings. The summed E-state index contributed by atoms with van der Waals surface area (Å²) >= 11 is 12.2. The number of aliphatic carboxylic acids is 2. The van der Waals surface area contributed by atoms with E-state index in [1.165, 1.54) is 12.1 Å². The molecule has 3 atom stereocenters. The number of carboxylic acid groups (broad SMARTS) is 2. The van der Waals surface area contributed by atoms with Gasteiger partial charge in [0.15, 0.2) is 0 Å². The number of halogens is 2. The molecule has 2 amide bonds. The minimum Gasteiger partial charge on any atom is -0.481 e. The lowest BCUT2D eigenvalue weighted by atomic mass is 9.65. The molecule has 4 N–H and O–H groups in total. The zero-order chi connectivity index (χ0) is 26.8. The number of carbonyl (C=O) groups excluding carboxylic acids is 2. The summed E-state index contributed by atoms with van der Waals surface area (Å²) < 4.78 is 0. The number of benzene rings is 2. The number of para-hydroxylation sites is 1. The summed E-state index contributed by atoms with van der Waals surface area (Å²) in [5, 5.41) is 25.2. The molecule has 2 unspecified atom stereocenters. The van der Waals surface area contributed by atoms with E-state index in [2.05, 4.69) is 10.6 Å². The second-order valence-corrected chi connectivity index (χ2v) is 10.6. The number of hydrogen-bond acceptors (Lipinski definition) is 4. The Morgan fingerprint density at radius 3 is 2.08 bits per heavy atom. The largest absolute Gasteiger partial charge is 0.481 e. The fraction of sp³-hybridized carbons (Fsp3) is 0.385. The van der Waals surface area contributed by atoms with Crippen LogP contribution in [0.3, 0.4) is 0 Å². The van der Waals surface area contributed by atoms with Crippen molar-refractivity contribution in [2.75, 3.05) is 5.32 Å². The topological polar surface area (TPSA) is 133 Å². The molecule has 0 saturated heterocycles. The summed E-state index contributed by atoms with van der Waals surface area (Å²) in [4.78, 5) is 49.3. The molecule has 0 heterocycles. The Morgan fingerprint density at radius 1 is 1.00 bits per heavy atom. The molecule has 3 rings (SSSR count). The smallest absolute Gasteiger partial charge is 0.326 e. The van der Waals surface area contributed by atoms with Crippen LogP contribution in [0.5, 0.6) is 0 Å². The molecule has 0 aliphatic heterocycles. The average Bonchev–Trinajstić information content (AvgIpc) is 3.06. The molecule has 2 aromatic carbocycles. The minimum absolute atomic E-state index is 0.0112. The maximum atomic E-state index is 13.0. The van der Waals surface area contributed by atoms with Crippen molar-refractivity contribution in [2.45, 2.75) is 46.1 Å². The van der Waals surface area contributed by atoms with Crippen molar-refractivity contribution in [1.82, 2.24) is 5.32 Å². The van der Waals surface area contributed by atoms with E-state index in [4.69, 9.17) is 23.2 Å². The van der Waals surface area contributed by atoms with E-state index in [-0.39, 0.29) is 12.1 Å². The Kier molecular flexibility index (Phi) is 8.00. The number of anilines is 1. The van der Waals surface area contributed by atoms with Gasteiger partial charge in [0, 0.05) is 17.9 Å². The summed E-state index contributed by atoms with van der Waals surface area (Å²) in [5.74, 6) is -3.74. The molecule has 36 heavy (non-hydrogen) atoms. The number of rotatable bonds is 8. The van der Waals surface area contributed by atoms with E-state index < -0.39 is 46.5 Å². The fourth-order valence-corrected chi connectivity index (χ4v) is 5.14. The van der Waals surface area contributed by atoms with Crippen LogP contribution in [0.4, 0.5) is 5.69 Å². The van der Waals surface area contributed by atoms with Crippen LogP contribution in [-0.4, -0.2) is 40.0 Å². The van der Waals surface area contributed by atoms with Crippen molar-refractivity contribution < 1.29 is 29.4 Å². The molecular formula is C26H28Cl2N2O6. The van der Waals surface area contributed by atoms with Crippen molar-refractivity contribution >= 4 is 52.6 Å². The normalized spacial score (nSPS) is 21.4. The molecule has 0 bridgehead atoms. The van der Waals surface area contributed by atoms with Gasteiger partial charge in [0.25, 0.3) is 5.91 Å². The highest BCUT2D eigenvalue weighted by atomic mass is 35.5. The first-order chi connectivity index (χ1) is 16.8. The van der Waals surface area contributed by atoms with Crippen molar-refractivity contribution in [2.24, 2.45) is 16.7 Å². The van der Waals surface area contributed by atoms with Crippen molar-refractivity contribution in [3.8, 4) is 0 Å². The van der Waals surface area contributed by atoms with Gasteiger partial charge in [-0.3, -0.25) is 14.4 Å². The van der Waals surface area contributed by atoms with Gasteiger partial charge >= 0.3 is 11.9 Å². The molecule has 0 radical (unpaired) electrons. The van der Waals surface area contributed by atoms with Crippen LogP contribution in [0.2, 0.25) is 10.0 Å². The third-order valence-corrected chi connectivity index (χ3v) is 8.12. The molecule has 1 saturated carbocycles. The summed E-state index contributed by atoms with van der Waals surface area (Å²) in [7, 11) is 0. The van der Waals surface area contributed by atoms with Crippen LogP contribution in [0.1, 0.15) is 49.5 Å². The van der Waals surface area contributed by atoms with E-state index in [0.717, 1.165) is 0 Å². The molecule has 0 spiro atoms. The first kappa shape index (κ1) is 27.5. The van der Waals surface area contributed by atoms with Crippen molar-refractivity contribution in [3.05, 3.63) is 63.6 Å². The van der Waals surface area contributed by atoms with Gasteiger partial charge in [-0.2, -0.15) is 0 Å². The van der Waals surface area contributed by atoms with Gasteiger partial charge in [-0.05, 0) is 55.0 Å². The molecule has 0 aromatic heterocycles. The Hall–Kier alpha value is -3.10. The van der Waals surface area contributed by atoms with Crippen molar-refractivity contribution in [3.63, 3.8) is 0 Å².